The van der Waals surface area contributed by atoms with Gasteiger partial charge in [0.05, 0.1) is 18.0 Å². The highest BCUT2D eigenvalue weighted by atomic mass is 35.5. The van der Waals surface area contributed by atoms with Gasteiger partial charge in [0, 0.05) is 25.3 Å². The number of nitrogens with one attached hydrogen (secondary N) is 2. The lowest BCUT2D eigenvalue weighted by Crippen LogP contribution is -2.45. The van der Waals surface area contributed by atoms with E-state index < -0.39 is 6.10 Å². The van der Waals surface area contributed by atoms with Crippen molar-refractivity contribution in [1.82, 2.24) is 5.32 Å². The van der Waals surface area contributed by atoms with Crippen LogP contribution >= 0.6 is 24.8 Å². The van der Waals surface area contributed by atoms with Crippen LogP contribution in [-0.4, -0.2) is 38.3 Å². The molecule has 1 saturated heterocycles. The molecule has 0 bridgehead atoms. The van der Waals surface area contributed by atoms with E-state index in [0.29, 0.717) is 13.2 Å². The molecule has 4 rings (SSSR count). The molecule has 0 aromatic heterocycles. The maximum Gasteiger partial charge on any atom is 0.254 e. The van der Waals surface area contributed by atoms with Crippen LogP contribution in [0.15, 0.2) is 48.5 Å². The molecule has 1 unspecified atom stereocenters. The average molecular weight is 396 g/mol. The van der Waals surface area contributed by atoms with Gasteiger partial charge in [0.15, 0.2) is 0 Å². The number of ether oxygens (including phenoxy) is 1. The molecule has 0 aliphatic carbocycles. The van der Waals surface area contributed by atoms with Gasteiger partial charge in [-0.1, -0.05) is 30.3 Å². The fraction of sp³-hybridized carbons (Fsp3) is 0.316. The minimum absolute atomic E-state index is 0. The second-order valence-electron chi connectivity index (χ2n) is 6.10. The number of benzene rings is 2. The topological polar surface area (TPSA) is 53.6 Å². The summed E-state index contributed by atoms with van der Waals surface area (Å²) in [6.07, 6.45) is 0.589. The maximum atomic E-state index is 12.5. The highest BCUT2D eigenvalue weighted by Crippen LogP contribution is 2.38. The SMILES string of the molecule is Cl.Cl.O=C(Nc1ccccc1N1CCc2ccccc21)C1CNCCO1. The van der Waals surface area contributed by atoms with Crippen LogP contribution < -0.4 is 15.5 Å². The van der Waals surface area contributed by atoms with Gasteiger partial charge in [-0.15, -0.1) is 24.8 Å². The molecule has 2 aliphatic rings. The molecule has 7 heteroatoms. The summed E-state index contributed by atoms with van der Waals surface area (Å²) in [4.78, 5) is 14.8. The summed E-state index contributed by atoms with van der Waals surface area (Å²) in [6, 6.07) is 16.4. The molecule has 1 atom stereocenters. The molecule has 2 aromatic rings. The predicted molar refractivity (Wildman–Crippen MR) is 109 cm³/mol. The zero-order valence-electron chi connectivity index (χ0n) is 14.3. The van der Waals surface area contributed by atoms with Gasteiger partial charge in [-0.05, 0) is 30.2 Å². The number of amides is 1. The number of hydrogen-bond donors (Lipinski definition) is 2. The molecule has 0 radical (unpaired) electrons. The molecule has 26 heavy (non-hydrogen) atoms. The van der Waals surface area contributed by atoms with Crippen molar-refractivity contribution in [1.29, 1.82) is 0 Å². The number of para-hydroxylation sites is 3. The number of rotatable bonds is 3. The van der Waals surface area contributed by atoms with Crippen molar-refractivity contribution in [3.63, 3.8) is 0 Å². The van der Waals surface area contributed by atoms with Crippen molar-refractivity contribution in [2.45, 2.75) is 12.5 Å². The Labute approximate surface area is 165 Å². The lowest BCUT2D eigenvalue weighted by Gasteiger charge is -2.26. The van der Waals surface area contributed by atoms with E-state index in [2.05, 4.69) is 45.9 Å². The zero-order chi connectivity index (χ0) is 16.4. The average Bonchev–Trinajstić information content (AvgIpc) is 3.07. The number of anilines is 3. The van der Waals surface area contributed by atoms with Gasteiger partial charge in [-0.2, -0.15) is 0 Å². The van der Waals surface area contributed by atoms with E-state index in [-0.39, 0.29) is 30.7 Å². The van der Waals surface area contributed by atoms with Crippen LogP contribution in [0.2, 0.25) is 0 Å². The lowest BCUT2D eigenvalue weighted by atomic mass is 10.1. The molecule has 140 valence electrons. The number of hydrogen-bond acceptors (Lipinski definition) is 4. The number of morpholine rings is 1. The predicted octanol–water partition coefficient (Wildman–Crippen LogP) is 3.15. The molecule has 2 aromatic carbocycles. The van der Waals surface area contributed by atoms with Gasteiger partial charge in [-0.25, -0.2) is 0 Å². The first-order chi connectivity index (χ1) is 11.8. The summed E-state index contributed by atoms with van der Waals surface area (Å²) in [6.45, 7) is 2.85. The maximum absolute atomic E-state index is 12.5. The number of fused-ring (bicyclic) bond motifs is 1. The number of carbonyl (C=O) groups is 1. The van der Waals surface area contributed by atoms with Gasteiger partial charge >= 0.3 is 0 Å². The Kier molecular flexibility index (Phi) is 7.29. The summed E-state index contributed by atoms with van der Waals surface area (Å²) in [7, 11) is 0. The standard InChI is InChI=1S/C19H21N3O2.2ClH/c23-19(18-13-20-10-12-24-18)21-15-6-2-4-8-17(15)22-11-9-14-5-1-3-7-16(14)22;;/h1-8,18,20H,9-13H2,(H,21,23);2*1H. The Morgan fingerprint density at radius 3 is 2.58 bits per heavy atom. The minimum atomic E-state index is -0.433. The first-order valence-electron chi connectivity index (χ1n) is 8.40. The first-order valence-corrected chi connectivity index (χ1v) is 8.40. The van der Waals surface area contributed by atoms with Crippen molar-refractivity contribution in [3.8, 4) is 0 Å². The summed E-state index contributed by atoms with van der Waals surface area (Å²) in [5.41, 5.74) is 4.42. The molecule has 0 saturated carbocycles. The Morgan fingerprint density at radius 1 is 1.08 bits per heavy atom. The first kappa shape index (κ1) is 20.5. The van der Waals surface area contributed by atoms with E-state index >= 15 is 0 Å². The van der Waals surface area contributed by atoms with E-state index in [1.165, 1.54) is 11.3 Å². The highest BCUT2D eigenvalue weighted by molar-refractivity contribution is 5.98. The van der Waals surface area contributed by atoms with Gasteiger partial charge in [0.2, 0.25) is 0 Å². The van der Waals surface area contributed by atoms with Crippen molar-refractivity contribution in [2.75, 3.05) is 36.5 Å². The Bertz CT molecular complexity index is 751. The molecule has 0 spiro atoms. The molecular weight excluding hydrogens is 373 g/mol. The number of halogens is 2. The van der Waals surface area contributed by atoms with Crippen molar-refractivity contribution in [2.24, 2.45) is 0 Å². The molecule has 2 aliphatic heterocycles. The van der Waals surface area contributed by atoms with Crippen molar-refractivity contribution in [3.05, 3.63) is 54.1 Å². The van der Waals surface area contributed by atoms with Crippen LogP contribution in [0.5, 0.6) is 0 Å². The van der Waals surface area contributed by atoms with Crippen LogP contribution in [0.4, 0.5) is 17.1 Å². The number of carbonyl (C=O) groups excluding carboxylic acids is 1. The Hall–Kier alpha value is -1.79. The summed E-state index contributed by atoms with van der Waals surface area (Å²) >= 11 is 0. The smallest absolute Gasteiger partial charge is 0.254 e. The van der Waals surface area contributed by atoms with E-state index in [0.717, 1.165) is 30.9 Å². The van der Waals surface area contributed by atoms with E-state index in [1.807, 2.05) is 18.2 Å². The van der Waals surface area contributed by atoms with Gasteiger partial charge in [0.1, 0.15) is 6.10 Å². The summed E-state index contributed by atoms with van der Waals surface area (Å²) in [5.74, 6) is -0.0952. The third kappa shape index (κ3) is 4.13. The largest absolute Gasteiger partial charge is 0.366 e. The molecule has 1 fully saturated rings. The highest BCUT2D eigenvalue weighted by Gasteiger charge is 2.25. The summed E-state index contributed by atoms with van der Waals surface area (Å²) in [5, 5.41) is 6.23. The van der Waals surface area contributed by atoms with Gasteiger partial charge < -0.3 is 20.3 Å². The van der Waals surface area contributed by atoms with E-state index in [1.54, 1.807) is 0 Å². The van der Waals surface area contributed by atoms with Crippen LogP contribution in [-0.2, 0) is 16.0 Å². The molecular formula is C19H23Cl2N3O2. The molecule has 5 nitrogen and oxygen atoms in total. The third-order valence-electron chi connectivity index (χ3n) is 4.56. The lowest BCUT2D eigenvalue weighted by molar-refractivity contribution is -0.128. The monoisotopic (exact) mass is 395 g/mol. The molecule has 1 amide bonds. The van der Waals surface area contributed by atoms with Crippen LogP contribution in [0.1, 0.15) is 5.56 Å². The van der Waals surface area contributed by atoms with Gasteiger partial charge in [0.25, 0.3) is 5.91 Å². The minimum Gasteiger partial charge on any atom is -0.366 e. The van der Waals surface area contributed by atoms with Crippen molar-refractivity contribution < 1.29 is 9.53 Å². The zero-order valence-corrected chi connectivity index (χ0v) is 15.9. The van der Waals surface area contributed by atoms with Crippen molar-refractivity contribution >= 4 is 47.8 Å². The molecule has 2 N–H and O–H groups in total. The van der Waals surface area contributed by atoms with Crippen LogP contribution in [0.3, 0.4) is 0 Å². The second-order valence-corrected chi connectivity index (χ2v) is 6.10. The fourth-order valence-electron chi connectivity index (χ4n) is 3.35. The quantitative estimate of drug-likeness (QED) is 0.837. The Balaban J connectivity index is 0.00000121. The normalized spacial score (nSPS) is 18.3. The van der Waals surface area contributed by atoms with E-state index in [9.17, 15) is 4.79 Å². The summed E-state index contributed by atoms with van der Waals surface area (Å²) < 4.78 is 5.55. The van der Waals surface area contributed by atoms with E-state index in [4.69, 9.17) is 4.74 Å². The van der Waals surface area contributed by atoms with Gasteiger partial charge in [-0.3, -0.25) is 4.79 Å². The molecule has 2 heterocycles. The van der Waals surface area contributed by atoms with Crippen LogP contribution in [0.25, 0.3) is 0 Å². The Morgan fingerprint density at radius 2 is 1.81 bits per heavy atom. The second kappa shape index (κ2) is 9.24. The fourth-order valence-corrected chi connectivity index (χ4v) is 3.35. The third-order valence-corrected chi connectivity index (χ3v) is 4.56. The number of nitrogens with zero attached hydrogens (tertiary/aromatic N) is 1. The van der Waals surface area contributed by atoms with Crippen LogP contribution in [0, 0.1) is 0 Å².